The molecule has 0 heterocycles. The molecular weight excluding hydrogens is 821 g/mol. The van der Waals surface area contributed by atoms with Gasteiger partial charge in [0.25, 0.3) is 0 Å². The standard InChI is InChI=1S/C66H50N2/c1-41-17-27-48(28-18-41)67(50-31-25-46-23-21-44-11-6-8-13-55(44)59(46)37-50)52-33-35-54-43(3)64-58-36-34-53(40-63(58)66(4,5)62-16-10-15-57(65(62)64)61(54)39-52)68(49-29-19-42(2)20-30-49)51-32-26-47-24-22-45-12-7-9-14-56(45)60(47)38-51/h6-40H,1-5H3. The molecule has 324 valence electrons. The molecule has 0 aromatic heterocycles. The molecule has 0 aliphatic heterocycles. The zero-order chi connectivity index (χ0) is 45.8. The van der Waals surface area contributed by atoms with Gasteiger partial charge in [-0.3, -0.25) is 0 Å². The number of aryl methyl sites for hydroxylation is 3. The molecule has 0 saturated heterocycles. The predicted octanol–water partition coefficient (Wildman–Crippen LogP) is 18.8. The van der Waals surface area contributed by atoms with E-state index in [1.165, 1.54) is 104 Å². The first-order valence-electron chi connectivity index (χ1n) is 23.9. The van der Waals surface area contributed by atoms with Crippen molar-refractivity contribution in [2.75, 3.05) is 9.80 Å². The molecular formula is C66H50N2. The molecule has 0 atom stereocenters. The highest BCUT2D eigenvalue weighted by atomic mass is 15.1. The lowest BCUT2D eigenvalue weighted by Gasteiger charge is -2.38. The highest BCUT2D eigenvalue weighted by Gasteiger charge is 2.36. The topological polar surface area (TPSA) is 6.48 Å². The second-order valence-corrected chi connectivity index (χ2v) is 19.5. The lowest BCUT2D eigenvalue weighted by Crippen LogP contribution is -2.25. The van der Waals surface area contributed by atoms with Gasteiger partial charge in [0.1, 0.15) is 0 Å². The Hall–Kier alpha value is -8.20. The van der Waals surface area contributed by atoms with Crippen LogP contribution in [0.25, 0.3) is 75.8 Å². The molecule has 0 bridgehead atoms. The minimum atomic E-state index is -0.282. The first-order chi connectivity index (χ1) is 33.2. The van der Waals surface area contributed by atoms with Crippen LogP contribution in [0.3, 0.4) is 0 Å². The summed E-state index contributed by atoms with van der Waals surface area (Å²) in [5, 5.41) is 15.2. The van der Waals surface area contributed by atoms with Crippen molar-refractivity contribution < 1.29 is 0 Å². The fraction of sp³-hybridized carbons (Fsp3) is 0.0909. The predicted molar refractivity (Wildman–Crippen MR) is 293 cm³/mol. The summed E-state index contributed by atoms with van der Waals surface area (Å²) in [6.07, 6.45) is 0. The first kappa shape index (κ1) is 40.1. The van der Waals surface area contributed by atoms with E-state index in [1.807, 2.05) is 0 Å². The largest absolute Gasteiger partial charge is 0.310 e. The molecule has 1 aliphatic carbocycles. The molecule has 0 spiro atoms. The third-order valence-electron chi connectivity index (χ3n) is 15.1. The van der Waals surface area contributed by atoms with Crippen LogP contribution in [0.4, 0.5) is 34.1 Å². The Balaban J connectivity index is 0.993. The number of hydrogen-bond acceptors (Lipinski definition) is 2. The Labute approximate surface area is 398 Å². The summed E-state index contributed by atoms with van der Waals surface area (Å²) in [6, 6.07) is 79.6. The van der Waals surface area contributed by atoms with Crippen molar-refractivity contribution in [3.63, 3.8) is 0 Å². The maximum absolute atomic E-state index is 2.48. The van der Waals surface area contributed by atoms with Crippen molar-refractivity contribution in [1.82, 2.24) is 0 Å². The lowest BCUT2D eigenvalue weighted by molar-refractivity contribution is 0.645. The van der Waals surface area contributed by atoms with E-state index in [2.05, 4.69) is 257 Å². The van der Waals surface area contributed by atoms with E-state index in [-0.39, 0.29) is 5.41 Å². The van der Waals surface area contributed by atoms with Crippen molar-refractivity contribution in [3.05, 3.63) is 240 Å². The number of fused-ring (bicyclic) bond motifs is 10. The summed E-state index contributed by atoms with van der Waals surface area (Å²) in [6.45, 7) is 11.5. The SMILES string of the molecule is Cc1ccc(N(c2ccc3c(c2)C(C)(C)c2cccc4c2c-3c(C)c2ccc(N(c3ccc(C)cc3)c3ccc5ccc6ccccc6c5c3)cc24)c2ccc3ccc4ccccc4c3c2)cc1. The molecule has 12 aromatic rings. The molecule has 1 aliphatic rings. The molecule has 12 aromatic carbocycles. The van der Waals surface area contributed by atoms with Crippen molar-refractivity contribution in [3.8, 4) is 11.1 Å². The monoisotopic (exact) mass is 870 g/mol. The highest BCUT2D eigenvalue weighted by Crippen LogP contribution is 2.54. The summed E-state index contributed by atoms with van der Waals surface area (Å²) in [5.41, 5.74) is 15.7. The third kappa shape index (κ3) is 6.17. The van der Waals surface area contributed by atoms with Gasteiger partial charge < -0.3 is 9.80 Å². The van der Waals surface area contributed by atoms with Crippen molar-refractivity contribution >= 4 is 98.8 Å². The van der Waals surface area contributed by atoms with Gasteiger partial charge in [-0.15, -0.1) is 0 Å². The number of nitrogens with zero attached hydrogens (tertiary/aromatic N) is 2. The van der Waals surface area contributed by atoms with Gasteiger partial charge in [-0.1, -0.05) is 165 Å². The van der Waals surface area contributed by atoms with E-state index in [1.54, 1.807) is 0 Å². The maximum atomic E-state index is 2.48. The smallest absolute Gasteiger partial charge is 0.0468 e. The van der Waals surface area contributed by atoms with E-state index in [0.29, 0.717) is 0 Å². The molecule has 13 rings (SSSR count). The van der Waals surface area contributed by atoms with Crippen LogP contribution in [0.1, 0.15) is 41.7 Å². The van der Waals surface area contributed by atoms with Crippen LogP contribution in [-0.4, -0.2) is 0 Å². The van der Waals surface area contributed by atoms with E-state index < -0.39 is 0 Å². The van der Waals surface area contributed by atoms with Gasteiger partial charge in [0.2, 0.25) is 0 Å². The third-order valence-corrected chi connectivity index (χ3v) is 15.1. The zero-order valence-electron chi connectivity index (χ0n) is 39.1. The minimum Gasteiger partial charge on any atom is -0.310 e. The Morgan fingerprint density at radius 1 is 0.309 bits per heavy atom. The number of anilines is 6. The van der Waals surface area contributed by atoms with Crippen molar-refractivity contribution in [2.45, 2.75) is 40.0 Å². The highest BCUT2D eigenvalue weighted by molar-refractivity contribution is 6.20. The Morgan fingerprint density at radius 3 is 1.29 bits per heavy atom. The molecule has 0 amide bonds. The quantitative estimate of drug-likeness (QED) is 0.154. The van der Waals surface area contributed by atoms with Crippen LogP contribution in [-0.2, 0) is 5.41 Å². The molecule has 0 unspecified atom stereocenters. The van der Waals surface area contributed by atoms with Gasteiger partial charge in [-0.2, -0.15) is 0 Å². The van der Waals surface area contributed by atoms with Crippen LogP contribution in [0, 0.1) is 20.8 Å². The summed E-state index contributed by atoms with van der Waals surface area (Å²) in [7, 11) is 0. The summed E-state index contributed by atoms with van der Waals surface area (Å²) >= 11 is 0. The van der Waals surface area contributed by atoms with Gasteiger partial charge >= 0.3 is 0 Å². The van der Waals surface area contributed by atoms with E-state index in [4.69, 9.17) is 0 Å². The Bertz CT molecular complexity index is 4030. The van der Waals surface area contributed by atoms with Crippen molar-refractivity contribution in [2.24, 2.45) is 0 Å². The lowest BCUT2D eigenvalue weighted by atomic mass is 9.67. The zero-order valence-corrected chi connectivity index (χ0v) is 39.1. The van der Waals surface area contributed by atoms with Crippen LogP contribution in [0.5, 0.6) is 0 Å². The number of benzene rings is 12. The van der Waals surface area contributed by atoms with Gasteiger partial charge in [-0.05, 0) is 186 Å². The summed E-state index contributed by atoms with van der Waals surface area (Å²) in [4.78, 5) is 4.88. The number of hydrogen-bond donors (Lipinski definition) is 0. The van der Waals surface area contributed by atoms with Gasteiger partial charge in [0.15, 0.2) is 0 Å². The van der Waals surface area contributed by atoms with Crippen LogP contribution in [0.15, 0.2) is 212 Å². The van der Waals surface area contributed by atoms with E-state index >= 15 is 0 Å². The average Bonchev–Trinajstić information content (AvgIpc) is 3.37. The average molecular weight is 871 g/mol. The molecule has 0 fully saturated rings. The molecule has 0 saturated carbocycles. The summed E-state index contributed by atoms with van der Waals surface area (Å²) in [5.74, 6) is 0. The van der Waals surface area contributed by atoms with E-state index in [0.717, 1.165) is 34.1 Å². The fourth-order valence-corrected chi connectivity index (χ4v) is 11.5. The van der Waals surface area contributed by atoms with Gasteiger partial charge in [0, 0.05) is 39.5 Å². The maximum Gasteiger partial charge on any atom is 0.0468 e. The first-order valence-corrected chi connectivity index (χ1v) is 23.9. The van der Waals surface area contributed by atoms with Crippen molar-refractivity contribution in [1.29, 1.82) is 0 Å². The molecule has 68 heavy (non-hydrogen) atoms. The normalized spacial score (nSPS) is 12.9. The van der Waals surface area contributed by atoms with E-state index in [9.17, 15) is 0 Å². The van der Waals surface area contributed by atoms with Crippen LogP contribution >= 0.6 is 0 Å². The van der Waals surface area contributed by atoms with Crippen LogP contribution in [0.2, 0.25) is 0 Å². The number of rotatable bonds is 6. The molecule has 0 radical (unpaired) electrons. The molecule has 2 nitrogen and oxygen atoms in total. The van der Waals surface area contributed by atoms with Gasteiger partial charge in [0.05, 0.1) is 0 Å². The Kier molecular flexibility index (Phi) is 8.95. The fourth-order valence-electron chi connectivity index (χ4n) is 11.5. The second-order valence-electron chi connectivity index (χ2n) is 19.5. The van der Waals surface area contributed by atoms with Crippen LogP contribution < -0.4 is 9.80 Å². The van der Waals surface area contributed by atoms with Gasteiger partial charge in [-0.25, -0.2) is 0 Å². The minimum absolute atomic E-state index is 0.282. The summed E-state index contributed by atoms with van der Waals surface area (Å²) < 4.78 is 0. The Morgan fingerprint density at radius 2 is 0.735 bits per heavy atom. The molecule has 0 N–H and O–H groups in total. The second kappa shape index (κ2) is 15.2. The molecule has 2 heteroatoms.